The van der Waals surface area contributed by atoms with Gasteiger partial charge in [0.1, 0.15) is 5.75 Å². The van der Waals surface area contributed by atoms with Crippen LogP contribution in [0, 0.1) is 17.0 Å². The summed E-state index contributed by atoms with van der Waals surface area (Å²) in [5.41, 5.74) is 2.79. The van der Waals surface area contributed by atoms with E-state index in [0.717, 1.165) is 28.9 Å². The fourth-order valence-corrected chi connectivity index (χ4v) is 1.86. The summed E-state index contributed by atoms with van der Waals surface area (Å²) in [6.45, 7) is 1.95. The SMILES string of the molecule is COc1ccc(-n2cc(/C=C/[N+](=O)[O-])cc2C)cc1. The van der Waals surface area contributed by atoms with Gasteiger partial charge in [-0.1, -0.05) is 0 Å². The third-order valence-electron chi connectivity index (χ3n) is 2.77. The summed E-state index contributed by atoms with van der Waals surface area (Å²) in [7, 11) is 1.62. The predicted octanol–water partition coefficient (Wildman–Crippen LogP) is 3.04. The van der Waals surface area contributed by atoms with Gasteiger partial charge in [-0.05, 0) is 42.8 Å². The number of hydrogen-bond donors (Lipinski definition) is 0. The summed E-state index contributed by atoms with van der Waals surface area (Å²) >= 11 is 0. The van der Waals surface area contributed by atoms with E-state index in [1.165, 1.54) is 6.08 Å². The zero-order chi connectivity index (χ0) is 13.8. The second-order valence-electron chi connectivity index (χ2n) is 4.08. The van der Waals surface area contributed by atoms with E-state index in [-0.39, 0.29) is 0 Å². The predicted molar refractivity (Wildman–Crippen MR) is 73.1 cm³/mol. The van der Waals surface area contributed by atoms with E-state index in [2.05, 4.69) is 0 Å². The summed E-state index contributed by atoms with van der Waals surface area (Å²) in [5.74, 6) is 0.794. The molecular weight excluding hydrogens is 244 g/mol. The molecule has 0 aliphatic carbocycles. The normalized spacial score (nSPS) is 10.8. The van der Waals surface area contributed by atoms with Crippen molar-refractivity contribution in [2.45, 2.75) is 6.92 Å². The molecule has 0 unspecified atom stereocenters. The first-order valence-electron chi connectivity index (χ1n) is 5.75. The van der Waals surface area contributed by atoms with Crippen LogP contribution in [0.4, 0.5) is 0 Å². The van der Waals surface area contributed by atoms with Crippen LogP contribution in [0.1, 0.15) is 11.3 Å². The molecular formula is C14H14N2O3. The first-order valence-corrected chi connectivity index (χ1v) is 5.75. The molecule has 5 nitrogen and oxygen atoms in total. The zero-order valence-electron chi connectivity index (χ0n) is 10.7. The van der Waals surface area contributed by atoms with E-state index < -0.39 is 4.92 Å². The van der Waals surface area contributed by atoms with Crippen LogP contribution in [-0.4, -0.2) is 16.6 Å². The van der Waals surface area contributed by atoms with Crippen molar-refractivity contribution in [3.05, 3.63) is 64.1 Å². The minimum atomic E-state index is -0.472. The molecule has 0 fully saturated rings. The largest absolute Gasteiger partial charge is 0.497 e. The molecule has 0 radical (unpaired) electrons. The highest BCUT2D eigenvalue weighted by molar-refractivity contribution is 5.51. The van der Waals surface area contributed by atoms with Crippen LogP contribution in [0.5, 0.6) is 5.75 Å². The lowest BCUT2D eigenvalue weighted by atomic mass is 10.3. The quantitative estimate of drug-likeness (QED) is 0.625. The van der Waals surface area contributed by atoms with Crippen molar-refractivity contribution >= 4 is 6.08 Å². The first kappa shape index (κ1) is 12.9. The van der Waals surface area contributed by atoms with E-state index in [1.807, 2.05) is 48.0 Å². The minimum Gasteiger partial charge on any atom is -0.497 e. The van der Waals surface area contributed by atoms with Crippen molar-refractivity contribution in [2.24, 2.45) is 0 Å². The number of aryl methyl sites for hydroxylation is 1. The molecule has 0 bridgehead atoms. The van der Waals surface area contributed by atoms with Gasteiger partial charge in [0.2, 0.25) is 6.20 Å². The molecule has 19 heavy (non-hydrogen) atoms. The molecule has 2 aromatic rings. The highest BCUT2D eigenvalue weighted by Crippen LogP contribution is 2.19. The molecule has 1 heterocycles. The van der Waals surface area contributed by atoms with Gasteiger partial charge >= 0.3 is 0 Å². The Kier molecular flexibility index (Phi) is 3.66. The Morgan fingerprint density at radius 3 is 2.58 bits per heavy atom. The lowest BCUT2D eigenvalue weighted by molar-refractivity contribution is -0.400. The van der Waals surface area contributed by atoms with Crippen LogP contribution >= 0.6 is 0 Å². The first-order chi connectivity index (χ1) is 9.10. The van der Waals surface area contributed by atoms with Crippen molar-refractivity contribution < 1.29 is 9.66 Å². The molecule has 0 saturated heterocycles. The van der Waals surface area contributed by atoms with Crippen LogP contribution < -0.4 is 4.74 Å². The maximum atomic E-state index is 10.3. The van der Waals surface area contributed by atoms with Gasteiger partial charge in [0.05, 0.1) is 12.0 Å². The second kappa shape index (κ2) is 5.39. The van der Waals surface area contributed by atoms with Crippen LogP contribution in [0.15, 0.2) is 42.7 Å². The molecule has 0 spiro atoms. The smallest absolute Gasteiger partial charge is 0.235 e. The van der Waals surface area contributed by atoms with Gasteiger partial charge < -0.3 is 9.30 Å². The van der Waals surface area contributed by atoms with Gasteiger partial charge in [-0.3, -0.25) is 10.1 Å². The summed E-state index contributed by atoms with van der Waals surface area (Å²) in [4.78, 5) is 9.83. The van der Waals surface area contributed by atoms with Gasteiger partial charge in [0.25, 0.3) is 0 Å². The molecule has 0 atom stereocenters. The van der Waals surface area contributed by atoms with Crippen molar-refractivity contribution in [1.82, 2.24) is 4.57 Å². The topological polar surface area (TPSA) is 57.3 Å². The second-order valence-corrected chi connectivity index (χ2v) is 4.08. The van der Waals surface area contributed by atoms with Gasteiger partial charge in [0.15, 0.2) is 0 Å². The highest BCUT2D eigenvalue weighted by atomic mass is 16.6. The molecule has 0 amide bonds. The number of aromatic nitrogens is 1. The van der Waals surface area contributed by atoms with E-state index in [9.17, 15) is 10.1 Å². The monoisotopic (exact) mass is 258 g/mol. The number of methoxy groups -OCH3 is 1. The van der Waals surface area contributed by atoms with Crippen molar-refractivity contribution in [3.63, 3.8) is 0 Å². The molecule has 5 heteroatoms. The molecule has 0 N–H and O–H groups in total. The van der Waals surface area contributed by atoms with E-state index in [0.29, 0.717) is 0 Å². The Labute approximate surface area is 110 Å². The molecule has 1 aromatic heterocycles. The number of ether oxygens (including phenoxy) is 1. The number of nitrogens with zero attached hydrogens (tertiary/aromatic N) is 2. The Hall–Kier alpha value is -2.56. The molecule has 0 aliphatic rings. The average molecular weight is 258 g/mol. The molecule has 98 valence electrons. The summed E-state index contributed by atoms with van der Waals surface area (Å²) in [6.07, 6.45) is 4.28. The molecule has 0 aliphatic heterocycles. The Bertz CT molecular complexity index is 612. The third kappa shape index (κ3) is 3.01. The van der Waals surface area contributed by atoms with Crippen molar-refractivity contribution in [2.75, 3.05) is 7.11 Å². The molecule has 1 aromatic carbocycles. The minimum absolute atomic E-state index is 0.472. The van der Waals surface area contributed by atoms with Crippen LogP contribution in [0.3, 0.4) is 0 Å². The summed E-state index contributed by atoms with van der Waals surface area (Å²) in [5, 5.41) is 10.3. The van der Waals surface area contributed by atoms with Crippen LogP contribution in [0.2, 0.25) is 0 Å². The van der Waals surface area contributed by atoms with Gasteiger partial charge in [-0.15, -0.1) is 0 Å². The number of hydrogen-bond acceptors (Lipinski definition) is 3. The van der Waals surface area contributed by atoms with Gasteiger partial charge in [0, 0.05) is 23.7 Å². The fraction of sp³-hybridized carbons (Fsp3) is 0.143. The number of nitro groups is 1. The van der Waals surface area contributed by atoms with Gasteiger partial charge in [-0.2, -0.15) is 0 Å². The summed E-state index contributed by atoms with van der Waals surface area (Å²) in [6, 6.07) is 9.52. The fourth-order valence-electron chi connectivity index (χ4n) is 1.86. The Morgan fingerprint density at radius 2 is 2.00 bits per heavy atom. The maximum Gasteiger partial charge on any atom is 0.235 e. The zero-order valence-corrected chi connectivity index (χ0v) is 10.7. The summed E-state index contributed by atoms with van der Waals surface area (Å²) < 4.78 is 7.08. The van der Waals surface area contributed by atoms with Crippen molar-refractivity contribution in [3.8, 4) is 11.4 Å². The third-order valence-corrected chi connectivity index (χ3v) is 2.77. The highest BCUT2D eigenvalue weighted by Gasteiger charge is 2.03. The lowest BCUT2D eigenvalue weighted by Gasteiger charge is -2.06. The number of rotatable bonds is 4. The maximum absolute atomic E-state index is 10.3. The van der Waals surface area contributed by atoms with E-state index in [4.69, 9.17) is 4.74 Å². The molecule has 2 rings (SSSR count). The Balaban J connectivity index is 2.31. The average Bonchev–Trinajstić information content (AvgIpc) is 2.78. The van der Waals surface area contributed by atoms with Crippen LogP contribution in [-0.2, 0) is 0 Å². The van der Waals surface area contributed by atoms with Crippen LogP contribution in [0.25, 0.3) is 11.8 Å². The van der Waals surface area contributed by atoms with Gasteiger partial charge in [-0.25, -0.2) is 0 Å². The Morgan fingerprint density at radius 1 is 1.32 bits per heavy atom. The molecule has 0 saturated carbocycles. The lowest BCUT2D eigenvalue weighted by Crippen LogP contribution is -1.94. The standard InChI is InChI=1S/C14H14N2O3/c1-11-9-12(7-8-16(17)18)10-15(11)13-3-5-14(19-2)6-4-13/h3-10H,1-2H3/b8-7+. The van der Waals surface area contributed by atoms with E-state index in [1.54, 1.807) is 7.11 Å². The van der Waals surface area contributed by atoms with E-state index >= 15 is 0 Å². The number of benzene rings is 1. The van der Waals surface area contributed by atoms with Crippen molar-refractivity contribution in [1.29, 1.82) is 0 Å².